The van der Waals surface area contributed by atoms with Crippen LogP contribution in [0.2, 0.25) is 0 Å². The lowest BCUT2D eigenvalue weighted by Crippen LogP contribution is -2.47. The molecule has 2 aromatic carbocycles. The first kappa shape index (κ1) is 18.5. The molecule has 1 fully saturated rings. The van der Waals surface area contributed by atoms with Crippen molar-refractivity contribution in [3.05, 3.63) is 57.1 Å². The van der Waals surface area contributed by atoms with Crippen LogP contribution in [0.15, 0.2) is 29.1 Å². The van der Waals surface area contributed by atoms with Gasteiger partial charge in [0.1, 0.15) is 17.8 Å². The molecule has 4 aromatic rings. The van der Waals surface area contributed by atoms with Crippen molar-refractivity contribution in [3.8, 4) is 12.1 Å². The van der Waals surface area contributed by atoms with E-state index in [2.05, 4.69) is 4.98 Å². The summed E-state index contributed by atoms with van der Waals surface area (Å²) < 4.78 is 1.14. The molecule has 1 saturated carbocycles. The molecule has 0 spiro atoms. The molecule has 8 nitrogen and oxygen atoms in total. The van der Waals surface area contributed by atoms with E-state index in [0.717, 1.165) is 36.5 Å². The third-order valence-corrected chi connectivity index (χ3v) is 6.76. The lowest BCUT2D eigenvalue weighted by molar-refractivity contribution is 0.0503. The molecule has 6 rings (SSSR count). The summed E-state index contributed by atoms with van der Waals surface area (Å²) in [4.78, 5) is 45.8. The van der Waals surface area contributed by atoms with E-state index in [4.69, 9.17) is 0 Å². The molecule has 154 valence electrons. The van der Waals surface area contributed by atoms with E-state index < -0.39 is 5.56 Å². The number of hydrogen-bond acceptors (Lipinski definition) is 6. The molecule has 0 saturated heterocycles. The van der Waals surface area contributed by atoms with Gasteiger partial charge in [-0.2, -0.15) is 10.5 Å². The first-order valence-corrected chi connectivity index (χ1v) is 10.5. The molecule has 32 heavy (non-hydrogen) atoms. The van der Waals surface area contributed by atoms with Gasteiger partial charge in [-0.25, -0.2) is 9.38 Å². The summed E-state index contributed by atoms with van der Waals surface area (Å²) in [5.41, 5.74) is 0.190. The normalized spacial score (nSPS) is 16.8. The van der Waals surface area contributed by atoms with E-state index in [1.807, 2.05) is 12.1 Å². The first-order chi connectivity index (χ1) is 15.6. The summed E-state index contributed by atoms with van der Waals surface area (Å²) in [6.45, 7) is 0. The van der Waals surface area contributed by atoms with Crippen molar-refractivity contribution >= 4 is 39.0 Å². The Balaban J connectivity index is 1.71. The third-order valence-electron chi connectivity index (χ3n) is 6.76. The van der Waals surface area contributed by atoms with Crippen molar-refractivity contribution < 1.29 is 9.59 Å². The van der Waals surface area contributed by atoms with Gasteiger partial charge in [-0.05, 0) is 37.1 Å². The maximum Gasteiger partial charge on any atom is 0.265 e. The van der Waals surface area contributed by atoms with Crippen LogP contribution in [0.4, 0.5) is 0 Å². The minimum Gasteiger partial charge on any atom is -0.271 e. The highest BCUT2D eigenvalue weighted by Crippen LogP contribution is 2.38. The molecule has 0 N–H and O–H groups in total. The molecule has 2 amide bonds. The maximum atomic E-state index is 13.4. The van der Waals surface area contributed by atoms with E-state index in [9.17, 15) is 24.9 Å². The minimum absolute atomic E-state index is 0.115. The fourth-order valence-corrected chi connectivity index (χ4v) is 5.34. The van der Waals surface area contributed by atoms with E-state index in [-0.39, 0.29) is 40.3 Å². The van der Waals surface area contributed by atoms with E-state index in [0.29, 0.717) is 27.3 Å². The van der Waals surface area contributed by atoms with Crippen LogP contribution in [0.1, 0.15) is 64.2 Å². The van der Waals surface area contributed by atoms with Gasteiger partial charge in [-0.15, -0.1) is 0 Å². The van der Waals surface area contributed by atoms with Crippen molar-refractivity contribution in [2.75, 3.05) is 0 Å². The van der Waals surface area contributed by atoms with Crippen LogP contribution >= 0.6 is 0 Å². The highest BCUT2D eigenvalue weighted by molar-refractivity contribution is 6.31. The number of nitriles is 2. The number of imidazole rings is 1. The fraction of sp³-hybridized carbons (Fsp3) is 0.250. The Hall–Kier alpha value is -4.30. The number of pyridine rings is 1. The fourth-order valence-electron chi connectivity index (χ4n) is 5.34. The second-order valence-electron chi connectivity index (χ2n) is 8.34. The van der Waals surface area contributed by atoms with Gasteiger partial charge in [-0.3, -0.25) is 19.3 Å². The zero-order valence-electron chi connectivity index (χ0n) is 16.9. The van der Waals surface area contributed by atoms with Crippen molar-refractivity contribution in [1.29, 1.82) is 10.5 Å². The Morgan fingerprint density at radius 2 is 1.50 bits per heavy atom. The van der Waals surface area contributed by atoms with Crippen molar-refractivity contribution in [1.82, 2.24) is 14.3 Å². The quantitative estimate of drug-likeness (QED) is 0.436. The van der Waals surface area contributed by atoms with E-state index >= 15 is 0 Å². The standard InChI is InChI=1S/C24H15N5O3/c25-10-17-18(11-26)29-21(27-17)13-6-7-15-20-16(9-8-14(19(13)20)24(29)32)23(31)28(22(15)30)12-4-2-1-3-5-12/h6-9,12H,1-5H2. The molecule has 0 bridgehead atoms. The predicted molar refractivity (Wildman–Crippen MR) is 114 cm³/mol. The Morgan fingerprint density at radius 1 is 0.844 bits per heavy atom. The summed E-state index contributed by atoms with van der Waals surface area (Å²) in [6.07, 6.45) is 4.69. The molecule has 8 heteroatoms. The number of aromatic nitrogens is 2. The lowest BCUT2D eigenvalue weighted by atomic mass is 9.87. The monoisotopic (exact) mass is 421 g/mol. The van der Waals surface area contributed by atoms with Crippen LogP contribution in [0, 0.1) is 22.7 Å². The topological polar surface area (TPSA) is 119 Å². The molecular formula is C24H15N5O3. The summed E-state index contributed by atoms with van der Waals surface area (Å²) in [6, 6.07) is 10.1. The van der Waals surface area contributed by atoms with Crippen LogP contribution < -0.4 is 5.56 Å². The van der Waals surface area contributed by atoms with Crippen molar-refractivity contribution in [2.45, 2.75) is 38.1 Å². The van der Waals surface area contributed by atoms with E-state index in [1.165, 1.54) is 4.90 Å². The number of benzene rings is 2. The van der Waals surface area contributed by atoms with Crippen molar-refractivity contribution in [3.63, 3.8) is 0 Å². The Bertz CT molecular complexity index is 1620. The number of hydrogen-bond donors (Lipinski definition) is 0. The average Bonchev–Trinajstić information content (AvgIpc) is 3.21. The molecule has 2 aliphatic rings. The van der Waals surface area contributed by atoms with E-state index in [1.54, 1.807) is 24.3 Å². The second-order valence-corrected chi connectivity index (χ2v) is 8.34. The van der Waals surface area contributed by atoms with Gasteiger partial charge >= 0.3 is 0 Å². The first-order valence-electron chi connectivity index (χ1n) is 10.5. The number of rotatable bonds is 1. The summed E-state index contributed by atoms with van der Waals surface area (Å²) >= 11 is 0. The van der Waals surface area contributed by atoms with Crippen LogP contribution in [0.3, 0.4) is 0 Å². The Labute approximate surface area is 181 Å². The largest absolute Gasteiger partial charge is 0.271 e. The number of amides is 2. The van der Waals surface area contributed by atoms with Gasteiger partial charge in [0.25, 0.3) is 17.4 Å². The molecular weight excluding hydrogens is 406 g/mol. The zero-order valence-corrected chi connectivity index (χ0v) is 16.9. The van der Waals surface area contributed by atoms with Crippen LogP contribution in [-0.4, -0.2) is 32.1 Å². The smallest absolute Gasteiger partial charge is 0.265 e. The molecule has 2 aromatic heterocycles. The Kier molecular flexibility index (Phi) is 3.66. The minimum atomic E-state index is -0.503. The van der Waals surface area contributed by atoms with Gasteiger partial charge in [0.2, 0.25) is 0 Å². The molecule has 0 unspecified atom stereocenters. The number of fused-ring (bicyclic) bond motifs is 2. The summed E-state index contributed by atoms with van der Waals surface area (Å²) in [5.74, 6) is -0.676. The van der Waals surface area contributed by atoms with Gasteiger partial charge in [0.05, 0.1) is 0 Å². The van der Waals surface area contributed by atoms with Gasteiger partial charge in [-0.1, -0.05) is 19.3 Å². The van der Waals surface area contributed by atoms with Crippen molar-refractivity contribution in [2.24, 2.45) is 0 Å². The Morgan fingerprint density at radius 3 is 2.12 bits per heavy atom. The van der Waals surface area contributed by atoms with Crippen LogP contribution in [0.5, 0.6) is 0 Å². The highest BCUT2D eigenvalue weighted by atomic mass is 16.2. The number of nitrogens with zero attached hydrogens (tertiary/aromatic N) is 5. The van der Waals surface area contributed by atoms with Gasteiger partial charge in [0.15, 0.2) is 11.4 Å². The summed E-state index contributed by atoms with van der Waals surface area (Å²) in [7, 11) is 0. The number of imide groups is 1. The highest BCUT2D eigenvalue weighted by Gasteiger charge is 2.38. The third kappa shape index (κ3) is 2.13. The maximum absolute atomic E-state index is 13.4. The SMILES string of the molecule is N#Cc1nc2c3ccc4c5c(ccc(c(=O)n2c1C#N)c53)C(=O)N(C1CCCCC1)C4=O. The predicted octanol–water partition coefficient (Wildman–Crippen LogP) is 3.11. The number of carbonyl (C=O) groups is 2. The second kappa shape index (κ2) is 6.35. The van der Waals surface area contributed by atoms with Crippen LogP contribution in [0.25, 0.3) is 27.2 Å². The molecule has 1 aliphatic carbocycles. The summed E-state index contributed by atoms with van der Waals surface area (Å²) in [5, 5.41) is 20.6. The molecule has 1 aliphatic heterocycles. The average molecular weight is 421 g/mol. The zero-order chi connectivity index (χ0) is 22.1. The van der Waals surface area contributed by atoms with Gasteiger partial charge in [0, 0.05) is 38.7 Å². The van der Waals surface area contributed by atoms with Crippen LogP contribution in [-0.2, 0) is 0 Å². The van der Waals surface area contributed by atoms with Gasteiger partial charge < -0.3 is 0 Å². The number of carbonyl (C=O) groups excluding carboxylic acids is 2. The lowest BCUT2D eigenvalue weighted by Gasteiger charge is -2.36. The molecule has 3 heterocycles. The molecule has 0 atom stereocenters. The molecule has 0 radical (unpaired) electrons.